The van der Waals surface area contributed by atoms with Crippen LogP contribution in [0.25, 0.3) is 0 Å². The quantitative estimate of drug-likeness (QED) is 0.681. The predicted octanol–water partition coefficient (Wildman–Crippen LogP) is 2.74. The summed E-state index contributed by atoms with van der Waals surface area (Å²) >= 11 is 0. The summed E-state index contributed by atoms with van der Waals surface area (Å²) in [7, 11) is 0. The first kappa shape index (κ1) is 11.6. The van der Waals surface area contributed by atoms with Crippen LogP contribution in [0.5, 0.6) is 0 Å². The topological polar surface area (TPSA) is 40.5 Å². The number of hydrogen-bond donors (Lipinski definition) is 1. The maximum absolute atomic E-state index is 10.7. The Labute approximate surface area is 90.9 Å². The normalized spacial score (nSPS) is 24.7. The van der Waals surface area contributed by atoms with Crippen LogP contribution in [0, 0.1) is 5.41 Å². The zero-order chi connectivity index (χ0) is 9.31. The van der Waals surface area contributed by atoms with Crippen molar-refractivity contribution in [2.45, 2.75) is 38.5 Å². The molecule has 3 nitrogen and oxygen atoms in total. The lowest BCUT2D eigenvalue weighted by atomic mass is 9.77. The van der Waals surface area contributed by atoms with E-state index in [0.717, 1.165) is 25.9 Å². The van der Waals surface area contributed by atoms with Gasteiger partial charge in [0.25, 0.3) is 0 Å². The third-order valence-electron chi connectivity index (χ3n) is 3.76. The summed E-state index contributed by atoms with van der Waals surface area (Å²) in [6.45, 7) is 1.52. The lowest BCUT2D eigenvalue weighted by Crippen LogP contribution is -2.41. The number of rotatable bonds is 0. The van der Waals surface area contributed by atoms with E-state index in [2.05, 4.69) is 0 Å². The van der Waals surface area contributed by atoms with Gasteiger partial charge in [-0.3, -0.25) is 0 Å². The van der Waals surface area contributed by atoms with Gasteiger partial charge in [0.05, 0.1) is 0 Å². The zero-order valence-electron chi connectivity index (χ0n) is 8.37. The first-order chi connectivity index (χ1) is 6.22. The molecule has 4 heteroatoms. The molecule has 0 aromatic heterocycles. The largest absolute Gasteiger partial charge is 0.465 e. The van der Waals surface area contributed by atoms with Crippen molar-refractivity contribution < 1.29 is 9.90 Å². The number of piperidine rings is 1. The summed E-state index contributed by atoms with van der Waals surface area (Å²) in [5, 5.41) is 8.80. The first-order valence-electron chi connectivity index (χ1n) is 5.20. The lowest BCUT2D eigenvalue weighted by Gasteiger charge is -2.38. The fraction of sp³-hybridized carbons (Fsp3) is 0.900. The summed E-state index contributed by atoms with van der Waals surface area (Å²) < 4.78 is 0. The summed E-state index contributed by atoms with van der Waals surface area (Å²) in [5.41, 5.74) is 0.534. The van der Waals surface area contributed by atoms with Gasteiger partial charge >= 0.3 is 6.09 Å². The maximum atomic E-state index is 10.7. The minimum atomic E-state index is -0.743. The van der Waals surface area contributed by atoms with E-state index in [1.165, 1.54) is 25.7 Å². The molecule has 1 spiro atoms. The molecule has 0 atom stereocenters. The molecule has 1 aliphatic carbocycles. The van der Waals surface area contributed by atoms with Crippen LogP contribution in [0.4, 0.5) is 4.79 Å². The molecule has 0 unspecified atom stereocenters. The van der Waals surface area contributed by atoms with E-state index in [9.17, 15) is 4.79 Å². The smallest absolute Gasteiger partial charge is 0.407 e. The average Bonchev–Trinajstić information content (AvgIpc) is 2.54. The second kappa shape index (κ2) is 4.39. The number of likely N-dealkylation sites (tertiary alicyclic amines) is 1. The standard InChI is InChI=1S/C10H17NO2.ClH/c12-9(13)11-7-5-10(6-8-11)3-1-2-4-10;/h1-8H2,(H,12,13);1H. The predicted molar refractivity (Wildman–Crippen MR) is 57.0 cm³/mol. The maximum Gasteiger partial charge on any atom is 0.407 e. The van der Waals surface area contributed by atoms with E-state index < -0.39 is 6.09 Å². The van der Waals surface area contributed by atoms with Crippen molar-refractivity contribution in [2.24, 2.45) is 5.41 Å². The van der Waals surface area contributed by atoms with E-state index in [-0.39, 0.29) is 12.4 Å². The molecule has 2 aliphatic rings. The summed E-state index contributed by atoms with van der Waals surface area (Å²) in [6.07, 6.45) is 6.83. The van der Waals surface area contributed by atoms with Crippen LogP contribution < -0.4 is 0 Å². The van der Waals surface area contributed by atoms with E-state index in [1.807, 2.05) is 0 Å². The molecule has 1 amide bonds. The van der Waals surface area contributed by atoms with Crippen LogP contribution in [0.1, 0.15) is 38.5 Å². The molecular weight excluding hydrogens is 202 g/mol. The van der Waals surface area contributed by atoms with Gasteiger partial charge in [-0.15, -0.1) is 12.4 Å². The van der Waals surface area contributed by atoms with Gasteiger partial charge in [-0.05, 0) is 31.1 Å². The van der Waals surface area contributed by atoms with Crippen LogP contribution in [0.15, 0.2) is 0 Å². The van der Waals surface area contributed by atoms with Gasteiger partial charge in [-0.25, -0.2) is 4.79 Å². The highest BCUT2D eigenvalue weighted by atomic mass is 35.5. The molecule has 1 saturated carbocycles. The number of nitrogens with zero attached hydrogens (tertiary/aromatic N) is 1. The van der Waals surface area contributed by atoms with Crippen molar-refractivity contribution in [3.05, 3.63) is 0 Å². The second-order valence-corrected chi connectivity index (χ2v) is 4.48. The van der Waals surface area contributed by atoms with Crippen molar-refractivity contribution in [2.75, 3.05) is 13.1 Å². The van der Waals surface area contributed by atoms with Crippen molar-refractivity contribution in [3.8, 4) is 0 Å². The van der Waals surface area contributed by atoms with E-state index in [4.69, 9.17) is 5.11 Å². The number of carbonyl (C=O) groups is 1. The fourth-order valence-corrected chi connectivity index (χ4v) is 2.80. The van der Waals surface area contributed by atoms with Gasteiger partial charge in [0.15, 0.2) is 0 Å². The third-order valence-corrected chi connectivity index (χ3v) is 3.76. The number of carboxylic acid groups (broad SMARTS) is 1. The highest BCUT2D eigenvalue weighted by Gasteiger charge is 2.37. The van der Waals surface area contributed by atoms with Gasteiger partial charge in [-0.2, -0.15) is 0 Å². The van der Waals surface area contributed by atoms with Crippen LogP contribution in [0.3, 0.4) is 0 Å². The molecule has 0 aromatic rings. The van der Waals surface area contributed by atoms with Crippen molar-refractivity contribution in [1.82, 2.24) is 4.90 Å². The third kappa shape index (κ3) is 2.14. The SMILES string of the molecule is Cl.O=C(O)N1CCC2(CCCC2)CC1. The first-order valence-corrected chi connectivity index (χ1v) is 5.20. The lowest BCUT2D eigenvalue weighted by molar-refractivity contribution is 0.0921. The molecule has 82 valence electrons. The van der Waals surface area contributed by atoms with Gasteiger partial charge in [0.1, 0.15) is 0 Å². The Kier molecular flexibility index (Phi) is 3.65. The molecular formula is C10H18ClNO2. The van der Waals surface area contributed by atoms with Crippen molar-refractivity contribution in [1.29, 1.82) is 0 Å². The Hall–Kier alpha value is -0.440. The van der Waals surface area contributed by atoms with Crippen LogP contribution >= 0.6 is 12.4 Å². The van der Waals surface area contributed by atoms with Crippen LogP contribution in [-0.4, -0.2) is 29.2 Å². The molecule has 2 rings (SSSR count). The molecule has 0 aromatic carbocycles. The molecule has 1 aliphatic heterocycles. The van der Waals surface area contributed by atoms with E-state index in [0.29, 0.717) is 5.41 Å². The molecule has 0 radical (unpaired) electrons. The van der Waals surface area contributed by atoms with Gasteiger partial charge in [0, 0.05) is 13.1 Å². The summed E-state index contributed by atoms with van der Waals surface area (Å²) in [5.74, 6) is 0. The minimum absolute atomic E-state index is 0. The van der Waals surface area contributed by atoms with E-state index >= 15 is 0 Å². The second-order valence-electron chi connectivity index (χ2n) is 4.48. The van der Waals surface area contributed by atoms with Crippen LogP contribution in [0.2, 0.25) is 0 Å². The van der Waals surface area contributed by atoms with Gasteiger partial charge < -0.3 is 10.0 Å². The molecule has 1 saturated heterocycles. The zero-order valence-corrected chi connectivity index (χ0v) is 9.18. The van der Waals surface area contributed by atoms with Gasteiger partial charge in [-0.1, -0.05) is 12.8 Å². The highest BCUT2D eigenvalue weighted by Crippen LogP contribution is 2.45. The Morgan fingerprint density at radius 2 is 1.57 bits per heavy atom. The number of amides is 1. The molecule has 1 heterocycles. The Morgan fingerprint density at radius 1 is 1.07 bits per heavy atom. The Morgan fingerprint density at radius 3 is 2.00 bits per heavy atom. The monoisotopic (exact) mass is 219 g/mol. The van der Waals surface area contributed by atoms with Crippen molar-refractivity contribution in [3.63, 3.8) is 0 Å². The molecule has 1 N–H and O–H groups in total. The Bertz CT molecular complexity index is 204. The molecule has 2 fully saturated rings. The average molecular weight is 220 g/mol. The molecule has 0 bridgehead atoms. The minimum Gasteiger partial charge on any atom is -0.465 e. The highest BCUT2D eigenvalue weighted by molar-refractivity contribution is 5.85. The summed E-state index contributed by atoms with van der Waals surface area (Å²) in [6, 6.07) is 0. The van der Waals surface area contributed by atoms with Gasteiger partial charge in [0.2, 0.25) is 0 Å². The Balaban J connectivity index is 0.000000980. The van der Waals surface area contributed by atoms with Crippen molar-refractivity contribution >= 4 is 18.5 Å². The van der Waals surface area contributed by atoms with E-state index in [1.54, 1.807) is 4.90 Å². The fourth-order valence-electron chi connectivity index (χ4n) is 2.80. The number of hydrogen-bond acceptors (Lipinski definition) is 1. The summed E-state index contributed by atoms with van der Waals surface area (Å²) in [4.78, 5) is 12.2. The number of halogens is 1. The molecule has 14 heavy (non-hydrogen) atoms. The van der Waals surface area contributed by atoms with Crippen LogP contribution in [-0.2, 0) is 0 Å².